The van der Waals surface area contributed by atoms with E-state index in [-0.39, 0.29) is 23.5 Å². The number of likely N-dealkylation sites (tertiary alicyclic amines) is 1. The molecule has 1 saturated heterocycles. The van der Waals surface area contributed by atoms with Gasteiger partial charge in [-0.1, -0.05) is 19.1 Å². The van der Waals surface area contributed by atoms with Gasteiger partial charge in [-0.05, 0) is 50.3 Å². The van der Waals surface area contributed by atoms with Crippen molar-refractivity contribution in [3.05, 3.63) is 52.7 Å². The van der Waals surface area contributed by atoms with Gasteiger partial charge >= 0.3 is 0 Å². The van der Waals surface area contributed by atoms with Crippen LogP contribution in [0.15, 0.2) is 24.3 Å². The molecular formula is C24H29FN4O2. The maximum Gasteiger partial charge on any atom is 0.228 e. The molecule has 2 aliphatic heterocycles. The van der Waals surface area contributed by atoms with Crippen molar-refractivity contribution >= 4 is 17.6 Å². The van der Waals surface area contributed by atoms with Crippen LogP contribution in [-0.4, -0.2) is 46.3 Å². The van der Waals surface area contributed by atoms with Crippen molar-refractivity contribution in [3.63, 3.8) is 0 Å². The SMILES string of the molecule is CCC(=O)N1CCCC(c2nc(C)c3c(n2)N(CCc2ccc(F)cc2)C(=O)CC3)C1. The Morgan fingerprint density at radius 2 is 1.97 bits per heavy atom. The molecule has 1 aromatic carbocycles. The molecule has 0 aliphatic carbocycles. The van der Waals surface area contributed by atoms with Gasteiger partial charge < -0.3 is 4.90 Å². The van der Waals surface area contributed by atoms with Crippen LogP contribution in [0.25, 0.3) is 0 Å². The van der Waals surface area contributed by atoms with E-state index in [1.807, 2.05) is 18.7 Å². The van der Waals surface area contributed by atoms with Gasteiger partial charge in [-0.15, -0.1) is 0 Å². The number of aryl methyl sites for hydroxylation is 1. The maximum absolute atomic E-state index is 13.2. The molecule has 1 unspecified atom stereocenters. The monoisotopic (exact) mass is 424 g/mol. The van der Waals surface area contributed by atoms with Crippen LogP contribution in [0, 0.1) is 12.7 Å². The van der Waals surface area contributed by atoms with E-state index in [9.17, 15) is 14.0 Å². The van der Waals surface area contributed by atoms with Crippen molar-refractivity contribution in [1.29, 1.82) is 0 Å². The number of hydrogen-bond acceptors (Lipinski definition) is 4. The topological polar surface area (TPSA) is 66.4 Å². The van der Waals surface area contributed by atoms with E-state index in [1.165, 1.54) is 12.1 Å². The molecule has 164 valence electrons. The first-order valence-electron chi connectivity index (χ1n) is 11.2. The van der Waals surface area contributed by atoms with Gasteiger partial charge in [0.25, 0.3) is 0 Å². The predicted molar refractivity (Wildman–Crippen MR) is 116 cm³/mol. The lowest BCUT2D eigenvalue weighted by molar-refractivity contribution is -0.132. The molecule has 6 nitrogen and oxygen atoms in total. The van der Waals surface area contributed by atoms with Crippen molar-refractivity contribution < 1.29 is 14.0 Å². The summed E-state index contributed by atoms with van der Waals surface area (Å²) in [7, 11) is 0. The lowest BCUT2D eigenvalue weighted by atomic mass is 9.95. The number of carbonyl (C=O) groups excluding carboxylic acids is 2. The number of amides is 2. The fraction of sp³-hybridized carbons (Fsp3) is 0.500. The normalized spacial score (nSPS) is 18.8. The second-order valence-corrected chi connectivity index (χ2v) is 8.42. The fourth-order valence-corrected chi connectivity index (χ4v) is 4.55. The highest BCUT2D eigenvalue weighted by Gasteiger charge is 2.31. The van der Waals surface area contributed by atoms with Crippen molar-refractivity contribution in [1.82, 2.24) is 14.9 Å². The van der Waals surface area contributed by atoms with Crippen molar-refractivity contribution in [3.8, 4) is 0 Å². The highest BCUT2D eigenvalue weighted by molar-refractivity contribution is 5.95. The zero-order valence-electron chi connectivity index (χ0n) is 18.2. The van der Waals surface area contributed by atoms with Crippen LogP contribution in [0.3, 0.4) is 0 Å². The number of halogens is 1. The third kappa shape index (κ3) is 4.60. The summed E-state index contributed by atoms with van der Waals surface area (Å²) >= 11 is 0. The Balaban J connectivity index is 1.59. The molecule has 0 N–H and O–H groups in total. The molecule has 31 heavy (non-hydrogen) atoms. The molecule has 2 amide bonds. The molecule has 0 radical (unpaired) electrons. The number of carbonyl (C=O) groups is 2. The zero-order chi connectivity index (χ0) is 22.0. The molecule has 2 aliphatic rings. The summed E-state index contributed by atoms with van der Waals surface area (Å²) in [5.74, 6) is 1.48. The average Bonchev–Trinajstić information content (AvgIpc) is 2.79. The molecule has 0 spiro atoms. The third-order valence-electron chi connectivity index (χ3n) is 6.33. The van der Waals surface area contributed by atoms with Gasteiger partial charge in [0.2, 0.25) is 11.8 Å². The molecule has 4 rings (SSSR count). The van der Waals surface area contributed by atoms with E-state index in [0.717, 1.165) is 42.0 Å². The lowest BCUT2D eigenvalue weighted by Gasteiger charge is -2.34. The number of aromatic nitrogens is 2. The number of hydrogen-bond donors (Lipinski definition) is 0. The molecule has 7 heteroatoms. The Morgan fingerprint density at radius 1 is 1.19 bits per heavy atom. The fourth-order valence-electron chi connectivity index (χ4n) is 4.55. The van der Waals surface area contributed by atoms with Gasteiger partial charge in [0.1, 0.15) is 17.5 Å². The summed E-state index contributed by atoms with van der Waals surface area (Å²) in [6.45, 7) is 5.79. The molecule has 1 fully saturated rings. The van der Waals surface area contributed by atoms with Gasteiger partial charge in [0.05, 0.1) is 0 Å². The Labute approximate surface area is 182 Å². The van der Waals surface area contributed by atoms with Crippen LogP contribution in [0.1, 0.15) is 61.2 Å². The Hall–Kier alpha value is -2.83. The minimum atomic E-state index is -0.265. The van der Waals surface area contributed by atoms with E-state index in [1.54, 1.807) is 17.0 Å². The van der Waals surface area contributed by atoms with E-state index < -0.39 is 0 Å². The highest BCUT2D eigenvalue weighted by Crippen LogP contribution is 2.32. The maximum atomic E-state index is 13.2. The van der Waals surface area contributed by atoms with Crippen LogP contribution in [-0.2, 0) is 22.4 Å². The average molecular weight is 425 g/mol. The van der Waals surface area contributed by atoms with E-state index in [0.29, 0.717) is 44.6 Å². The molecule has 0 bridgehead atoms. The first kappa shape index (κ1) is 21.4. The first-order valence-corrected chi connectivity index (χ1v) is 11.2. The molecular weight excluding hydrogens is 395 g/mol. The first-order chi connectivity index (χ1) is 15.0. The largest absolute Gasteiger partial charge is 0.342 e. The molecule has 3 heterocycles. The standard InChI is InChI=1S/C24H29FN4O2/c1-3-21(30)28-13-4-5-18(15-28)23-26-16(2)20-10-11-22(31)29(24(20)27-23)14-12-17-6-8-19(25)9-7-17/h6-9,18H,3-5,10-15H2,1-2H3. The third-order valence-corrected chi connectivity index (χ3v) is 6.33. The Morgan fingerprint density at radius 3 is 2.71 bits per heavy atom. The lowest BCUT2D eigenvalue weighted by Crippen LogP contribution is -2.40. The Kier molecular flexibility index (Phi) is 6.30. The summed E-state index contributed by atoms with van der Waals surface area (Å²) in [6.07, 6.45) is 4.10. The van der Waals surface area contributed by atoms with Crippen molar-refractivity contribution in [2.75, 3.05) is 24.5 Å². The minimum absolute atomic E-state index is 0.0603. The molecule has 2 aromatic rings. The van der Waals surface area contributed by atoms with Crippen LogP contribution < -0.4 is 4.90 Å². The number of anilines is 1. The van der Waals surface area contributed by atoms with Gasteiger partial charge in [-0.3, -0.25) is 14.5 Å². The Bertz CT molecular complexity index is 976. The number of nitrogens with zero attached hydrogens (tertiary/aromatic N) is 4. The summed E-state index contributed by atoms with van der Waals surface area (Å²) in [4.78, 5) is 38.3. The van der Waals surface area contributed by atoms with Crippen molar-refractivity contribution in [2.24, 2.45) is 0 Å². The van der Waals surface area contributed by atoms with Crippen LogP contribution in [0.2, 0.25) is 0 Å². The van der Waals surface area contributed by atoms with E-state index in [4.69, 9.17) is 9.97 Å². The molecule has 0 saturated carbocycles. The van der Waals surface area contributed by atoms with Gasteiger partial charge in [0, 0.05) is 49.7 Å². The summed E-state index contributed by atoms with van der Waals surface area (Å²) < 4.78 is 13.2. The molecule has 1 aromatic heterocycles. The minimum Gasteiger partial charge on any atom is -0.342 e. The van der Waals surface area contributed by atoms with Crippen LogP contribution >= 0.6 is 0 Å². The second kappa shape index (κ2) is 9.12. The zero-order valence-corrected chi connectivity index (χ0v) is 18.2. The van der Waals surface area contributed by atoms with Gasteiger partial charge in [0.15, 0.2) is 0 Å². The number of rotatable bonds is 5. The summed E-state index contributed by atoms with van der Waals surface area (Å²) in [5.41, 5.74) is 2.92. The van der Waals surface area contributed by atoms with Crippen LogP contribution in [0.5, 0.6) is 0 Å². The summed E-state index contributed by atoms with van der Waals surface area (Å²) in [6, 6.07) is 6.39. The van der Waals surface area contributed by atoms with Gasteiger partial charge in [-0.2, -0.15) is 0 Å². The number of piperidine rings is 1. The number of fused-ring (bicyclic) bond motifs is 1. The quantitative estimate of drug-likeness (QED) is 0.736. The number of benzene rings is 1. The summed E-state index contributed by atoms with van der Waals surface area (Å²) in [5, 5.41) is 0. The molecule has 1 atom stereocenters. The van der Waals surface area contributed by atoms with E-state index in [2.05, 4.69) is 0 Å². The van der Waals surface area contributed by atoms with Gasteiger partial charge in [-0.25, -0.2) is 14.4 Å². The van der Waals surface area contributed by atoms with Crippen molar-refractivity contribution in [2.45, 2.75) is 58.3 Å². The second-order valence-electron chi connectivity index (χ2n) is 8.42. The predicted octanol–water partition coefficient (Wildman–Crippen LogP) is 3.56. The highest BCUT2D eigenvalue weighted by atomic mass is 19.1. The van der Waals surface area contributed by atoms with E-state index >= 15 is 0 Å². The van der Waals surface area contributed by atoms with Crippen LogP contribution in [0.4, 0.5) is 10.2 Å². The smallest absolute Gasteiger partial charge is 0.228 e.